The number of rotatable bonds is 6. The number of benzene rings is 2. The lowest BCUT2D eigenvalue weighted by atomic mass is 9.94. The molecule has 0 heterocycles. The Hall–Kier alpha value is -2.27. The van der Waals surface area contributed by atoms with Crippen molar-refractivity contribution in [2.24, 2.45) is 11.7 Å². The number of halogens is 2. The van der Waals surface area contributed by atoms with Crippen LogP contribution in [-0.2, 0) is 11.2 Å². The average Bonchev–Trinajstić information content (AvgIpc) is 2.53. The van der Waals surface area contributed by atoms with Crippen LogP contribution in [0, 0.1) is 17.6 Å². The molecular formula is C18H20F2N2O. The van der Waals surface area contributed by atoms with E-state index in [2.05, 4.69) is 5.32 Å². The largest absolute Gasteiger partial charge is 0.355 e. The molecule has 0 fully saturated rings. The Balaban J connectivity index is 1.86. The van der Waals surface area contributed by atoms with E-state index in [9.17, 15) is 13.6 Å². The van der Waals surface area contributed by atoms with Gasteiger partial charge in [-0.25, -0.2) is 8.78 Å². The van der Waals surface area contributed by atoms with Gasteiger partial charge in [0.05, 0.1) is 5.92 Å². The van der Waals surface area contributed by atoms with Gasteiger partial charge in [-0.15, -0.1) is 0 Å². The Bertz CT molecular complexity index is 641. The molecule has 0 radical (unpaired) electrons. The van der Waals surface area contributed by atoms with Crippen LogP contribution in [0.2, 0.25) is 0 Å². The van der Waals surface area contributed by atoms with Crippen molar-refractivity contribution in [3.05, 3.63) is 71.3 Å². The van der Waals surface area contributed by atoms with Gasteiger partial charge in [0.1, 0.15) is 11.6 Å². The molecule has 122 valence electrons. The van der Waals surface area contributed by atoms with Crippen LogP contribution in [0.5, 0.6) is 0 Å². The molecule has 2 rings (SSSR count). The number of carbonyl (C=O) groups is 1. The minimum atomic E-state index is -0.620. The van der Waals surface area contributed by atoms with Crippen LogP contribution in [0.25, 0.3) is 0 Å². The summed E-state index contributed by atoms with van der Waals surface area (Å²) in [5.74, 6) is -1.82. The standard InChI is InChI=1S/C18H20F2N2O/c1-12(17(21)14-5-3-2-4-6-14)18(23)22-8-7-13-9-15(19)11-16(20)10-13/h2-6,9-12,17H,7-8,21H2,1H3,(H,22,23). The smallest absolute Gasteiger partial charge is 0.224 e. The van der Waals surface area contributed by atoms with Gasteiger partial charge in [0.15, 0.2) is 0 Å². The second kappa shape index (κ2) is 7.83. The molecule has 2 aromatic rings. The third-order valence-corrected chi connectivity index (χ3v) is 3.77. The summed E-state index contributed by atoms with van der Waals surface area (Å²) < 4.78 is 26.2. The maximum atomic E-state index is 13.1. The predicted molar refractivity (Wildman–Crippen MR) is 85.6 cm³/mol. The Morgan fingerprint density at radius 3 is 2.35 bits per heavy atom. The van der Waals surface area contributed by atoms with E-state index in [0.717, 1.165) is 11.6 Å². The molecule has 2 atom stereocenters. The Morgan fingerprint density at radius 1 is 1.13 bits per heavy atom. The van der Waals surface area contributed by atoms with Crippen LogP contribution in [0.15, 0.2) is 48.5 Å². The van der Waals surface area contributed by atoms with Crippen molar-refractivity contribution in [2.75, 3.05) is 6.54 Å². The molecular weight excluding hydrogens is 298 g/mol. The molecule has 0 saturated heterocycles. The van der Waals surface area contributed by atoms with Crippen LogP contribution in [-0.4, -0.2) is 12.5 Å². The zero-order chi connectivity index (χ0) is 16.8. The molecule has 0 aliphatic carbocycles. The Kier molecular flexibility index (Phi) is 5.82. The first-order valence-electron chi connectivity index (χ1n) is 7.50. The SMILES string of the molecule is CC(C(=O)NCCc1cc(F)cc(F)c1)C(N)c1ccccc1. The van der Waals surface area contributed by atoms with Crippen molar-refractivity contribution >= 4 is 5.91 Å². The van der Waals surface area contributed by atoms with Crippen molar-refractivity contribution in [3.8, 4) is 0 Å². The Morgan fingerprint density at radius 2 is 1.74 bits per heavy atom. The summed E-state index contributed by atoms with van der Waals surface area (Å²) in [5.41, 5.74) is 7.50. The molecule has 0 aliphatic rings. The fourth-order valence-corrected chi connectivity index (χ4v) is 2.37. The van der Waals surface area contributed by atoms with E-state index in [4.69, 9.17) is 5.73 Å². The molecule has 0 aliphatic heterocycles. The third kappa shape index (κ3) is 4.86. The maximum Gasteiger partial charge on any atom is 0.224 e. The van der Waals surface area contributed by atoms with Gasteiger partial charge in [0.25, 0.3) is 0 Å². The number of carbonyl (C=O) groups excluding carboxylic acids is 1. The van der Waals surface area contributed by atoms with Gasteiger partial charge in [0, 0.05) is 18.7 Å². The highest BCUT2D eigenvalue weighted by Gasteiger charge is 2.21. The third-order valence-electron chi connectivity index (χ3n) is 3.77. The number of hydrogen-bond donors (Lipinski definition) is 2. The fraction of sp³-hybridized carbons (Fsp3) is 0.278. The first-order valence-corrected chi connectivity index (χ1v) is 7.50. The summed E-state index contributed by atoms with van der Waals surface area (Å²) in [6.45, 7) is 2.06. The summed E-state index contributed by atoms with van der Waals surface area (Å²) in [4.78, 5) is 12.1. The van der Waals surface area contributed by atoms with Crippen LogP contribution in [0.4, 0.5) is 8.78 Å². The molecule has 3 N–H and O–H groups in total. The second-order valence-corrected chi connectivity index (χ2v) is 5.54. The van der Waals surface area contributed by atoms with Crippen molar-refractivity contribution in [1.82, 2.24) is 5.32 Å². The fourth-order valence-electron chi connectivity index (χ4n) is 2.37. The van der Waals surface area contributed by atoms with E-state index in [1.165, 1.54) is 12.1 Å². The van der Waals surface area contributed by atoms with Gasteiger partial charge in [-0.05, 0) is 29.7 Å². The zero-order valence-corrected chi connectivity index (χ0v) is 12.9. The molecule has 0 aromatic heterocycles. The quantitative estimate of drug-likeness (QED) is 0.860. The van der Waals surface area contributed by atoms with Crippen LogP contribution >= 0.6 is 0 Å². The lowest BCUT2D eigenvalue weighted by Crippen LogP contribution is -2.36. The minimum Gasteiger partial charge on any atom is -0.355 e. The van der Waals surface area contributed by atoms with Gasteiger partial charge in [-0.2, -0.15) is 0 Å². The summed E-state index contributed by atoms with van der Waals surface area (Å²) in [5, 5.41) is 2.76. The van der Waals surface area contributed by atoms with E-state index in [0.29, 0.717) is 18.5 Å². The minimum absolute atomic E-state index is 0.182. The molecule has 23 heavy (non-hydrogen) atoms. The molecule has 0 spiro atoms. The highest BCUT2D eigenvalue weighted by Crippen LogP contribution is 2.19. The average molecular weight is 318 g/mol. The molecule has 3 nitrogen and oxygen atoms in total. The second-order valence-electron chi connectivity index (χ2n) is 5.54. The molecule has 2 aromatic carbocycles. The van der Waals surface area contributed by atoms with Crippen LogP contribution in [0.1, 0.15) is 24.1 Å². The Labute approximate surface area is 134 Å². The zero-order valence-electron chi connectivity index (χ0n) is 12.9. The van der Waals surface area contributed by atoms with E-state index in [1.54, 1.807) is 6.92 Å². The molecule has 2 unspecified atom stereocenters. The lowest BCUT2D eigenvalue weighted by Gasteiger charge is -2.19. The van der Waals surface area contributed by atoms with Gasteiger partial charge < -0.3 is 11.1 Å². The molecule has 0 bridgehead atoms. The topological polar surface area (TPSA) is 55.1 Å². The van der Waals surface area contributed by atoms with Gasteiger partial charge in [-0.1, -0.05) is 37.3 Å². The number of nitrogens with two attached hydrogens (primary N) is 1. The van der Waals surface area contributed by atoms with Crippen molar-refractivity contribution in [2.45, 2.75) is 19.4 Å². The molecule has 0 saturated carbocycles. The summed E-state index contributed by atoms with van der Waals surface area (Å²) in [7, 11) is 0. The summed E-state index contributed by atoms with van der Waals surface area (Å²) in [6, 6.07) is 12.3. The number of amides is 1. The molecule has 1 amide bonds. The van der Waals surface area contributed by atoms with Gasteiger partial charge in [0.2, 0.25) is 5.91 Å². The normalized spacial score (nSPS) is 13.4. The molecule has 5 heteroatoms. The van der Waals surface area contributed by atoms with Crippen molar-refractivity contribution < 1.29 is 13.6 Å². The highest BCUT2D eigenvalue weighted by molar-refractivity contribution is 5.79. The maximum absolute atomic E-state index is 13.1. The van der Waals surface area contributed by atoms with E-state index in [-0.39, 0.29) is 5.91 Å². The van der Waals surface area contributed by atoms with Gasteiger partial charge >= 0.3 is 0 Å². The monoisotopic (exact) mass is 318 g/mol. The van der Waals surface area contributed by atoms with E-state index < -0.39 is 23.6 Å². The first kappa shape index (κ1) is 17.1. The van der Waals surface area contributed by atoms with E-state index >= 15 is 0 Å². The van der Waals surface area contributed by atoms with Crippen molar-refractivity contribution in [3.63, 3.8) is 0 Å². The van der Waals surface area contributed by atoms with Gasteiger partial charge in [-0.3, -0.25) is 4.79 Å². The van der Waals surface area contributed by atoms with Crippen LogP contribution < -0.4 is 11.1 Å². The highest BCUT2D eigenvalue weighted by atomic mass is 19.1. The van der Waals surface area contributed by atoms with Crippen LogP contribution in [0.3, 0.4) is 0 Å². The lowest BCUT2D eigenvalue weighted by molar-refractivity contribution is -0.125. The van der Waals surface area contributed by atoms with E-state index in [1.807, 2.05) is 30.3 Å². The summed E-state index contributed by atoms with van der Waals surface area (Å²) >= 11 is 0. The number of nitrogens with one attached hydrogen (secondary N) is 1. The van der Waals surface area contributed by atoms with Crippen molar-refractivity contribution in [1.29, 1.82) is 0 Å². The summed E-state index contributed by atoms with van der Waals surface area (Å²) in [6.07, 6.45) is 0.355. The first-order chi connectivity index (χ1) is 11.0. The predicted octanol–water partition coefficient (Wildman–Crippen LogP) is 2.96. The number of hydrogen-bond acceptors (Lipinski definition) is 2.